The van der Waals surface area contributed by atoms with Gasteiger partial charge in [-0.05, 0) is 17.9 Å². The molecule has 0 spiro atoms. The summed E-state index contributed by atoms with van der Waals surface area (Å²) >= 11 is 0. The van der Waals surface area contributed by atoms with Crippen LogP contribution in [0.5, 0.6) is 0 Å². The third kappa shape index (κ3) is 2.78. The van der Waals surface area contributed by atoms with E-state index in [2.05, 4.69) is 10.6 Å². The van der Waals surface area contributed by atoms with E-state index >= 15 is 0 Å². The van der Waals surface area contributed by atoms with E-state index in [9.17, 15) is 8.42 Å². The fourth-order valence-electron chi connectivity index (χ4n) is 1.92. The molecule has 1 atom stereocenters. The number of fused-ring (bicyclic) bond motifs is 1. The first kappa shape index (κ1) is 13.6. The van der Waals surface area contributed by atoms with Gasteiger partial charge in [0.2, 0.25) is 10.0 Å². The van der Waals surface area contributed by atoms with Gasteiger partial charge in [-0.3, -0.25) is 0 Å². The summed E-state index contributed by atoms with van der Waals surface area (Å²) in [7, 11) is -3.60. The topological polar surface area (TPSA) is 46.2 Å². The van der Waals surface area contributed by atoms with E-state index in [1.807, 2.05) is 31.2 Å². The molecule has 0 aliphatic rings. The molecular weight excluding hydrogens is 258 g/mol. The Morgan fingerprint density at radius 2 is 1.89 bits per heavy atom. The van der Waals surface area contributed by atoms with Crippen molar-refractivity contribution in [1.29, 1.82) is 0 Å². The van der Waals surface area contributed by atoms with Crippen molar-refractivity contribution in [1.82, 2.24) is 4.72 Å². The van der Waals surface area contributed by atoms with Crippen molar-refractivity contribution in [3.05, 3.63) is 42.5 Å². The van der Waals surface area contributed by atoms with Crippen molar-refractivity contribution in [3.8, 4) is 12.3 Å². The Morgan fingerprint density at radius 1 is 1.21 bits per heavy atom. The second-order valence-electron chi connectivity index (χ2n) is 4.23. The highest BCUT2D eigenvalue weighted by atomic mass is 32.2. The molecule has 0 amide bonds. The molecule has 0 saturated heterocycles. The van der Waals surface area contributed by atoms with Gasteiger partial charge in [-0.2, -0.15) is 4.72 Å². The van der Waals surface area contributed by atoms with E-state index in [4.69, 9.17) is 6.42 Å². The first-order chi connectivity index (χ1) is 9.08. The first-order valence-corrected chi connectivity index (χ1v) is 7.53. The van der Waals surface area contributed by atoms with Gasteiger partial charge in [0.05, 0.1) is 10.9 Å². The quantitative estimate of drug-likeness (QED) is 0.870. The Hall–Kier alpha value is -1.83. The van der Waals surface area contributed by atoms with Crippen LogP contribution in [0.4, 0.5) is 0 Å². The number of terminal acetylenes is 1. The maximum absolute atomic E-state index is 12.4. The fraction of sp³-hybridized carbons (Fsp3) is 0.200. The predicted molar refractivity (Wildman–Crippen MR) is 77.2 cm³/mol. The summed E-state index contributed by atoms with van der Waals surface area (Å²) in [6.45, 7) is 1.84. The third-order valence-electron chi connectivity index (χ3n) is 2.95. The van der Waals surface area contributed by atoms with E-state index in [1.54, 1.807) is 18.2 Å². The molecule has 0 aliphatic carbocycles. The van der Waals surface area contributed by atoms with Gasteiger partial charge < -0.3 is 0 Å². The molecule has 0 aromatic heterocycles. The van der Waals surface area contributed by atoms with Crippen LogP contribution < -0.4 is 4.72 Å². The van der Waals surface area contributed by atoms with Crippen LogP contribution in [0.25, 0.3) is 10.8 Å². The van der Waals surface area contributed by atoms with Crippen LogP contribution in [0, 0.1) is 12.3 Å². The SMILES string of the molecule is C#CC(CC)NS(=O)(=O)c1cccc2ccccc12. The molecule has 2 aromatic carbocycles. The summed E-state index contributed by atoms with van der Waals surface area (Å²) < 4.78 is 27.3. The Morgan fingerprint density at radius 3 is 2.58 bits per heavy atom. The van der Waals surface area contributed by atoms with Gasteiger partial charge in [0, 0.05) is 5.39 Å². The Balaban J connectivity index is 2.53. The Bertz CT molecular complexity index is 724. The van der Waals surface area contributed by atoms with Crippen molar-refractivity contribution < 1.29 is 8.42 Å². The zero-order valence-electron chi connectivity index (χ0n) is 10.6. The second kappa shape index (κ2) is 5.43. The van der Waals surface area contributed by atoms with E-state index in [0.717, 1.165) is 5.39 Å². The minimum absolute atomic E-state index is 0.263. The molecule has 0 heterocycles. The lowest BCUT2D eigenvalue weighted by atomic mass is 10.1. The number of hydrogen-bond donors (Lipinski definition) is 1. The summed E-state index contributed by atoms with van der Waals surface area (Å²) in [5, 5.41) is 1.59. The fourth-order valence-corrected chi connectivity index (χ4v) is 3.39. The molecule has 2 aromatic rings. The van der Waals surface area contributed by atoms with Gasteiger partial charge in [-0.25, -0.2) is 8.42 Å². The van der Waals surface area contributed by atoms with Crippen LogP contribution in [-0.4, -0.2) is 14.5 Å². The standard InChI is InChI=1S/C15H15NO2S/c1-3-13(4-2)16-19(17,18)15-11-7-9-12-8-5-6-10-14(12)15/h1,5-11,13,16H,4H2,2H3. The number of hydrogen-bond acceptors (Lipinski definition) is 2. The molecule has 0 bridgehead atoms. The highest BCUT2D eigenvalue weighted by molar-refractivity contribution is 7.89. The van der Waals surface area contributed by atoms with Gasteiger partial charge in [0.15, 0.2) is 0 Å². The molecule has 1 unspecified atom stereocenters. The van der Waals surface area contributed by atoms with Gasteiger partial charge in [-0.1, -0.05) is 49.2 Å². The number of nitrogens with one attached hydrogen (secondary N) is 1. The van der Waals surface area contributed by atoms with Crippen molar-refractivity contribution in [2.45, 2.75) is 24.3 Å². The van der Waals surface area contributed by atoms with E-state index in [-0.39, 0.29) is 4.90 Å². The molecule has 1 N–H and O–H groups in total. The summed E-state index contributed by atoms with van der Waals surface area (Å²) in [5.74, 6) is 2.44. The minimum atomic E-state index is -3.60. The van der Waals surface area contributed by atoms with Crippen molar-refractivity contribution in [2.24, 2.45) is 0 Å². The number of rotatable bonds is 4. The van der Waals surface area contributed by atoms with Gasteiger partial charge >= 0.3 is 0 Å². The third-order valence-corrected chi connectivity index (χ3v) is 4.48. The van der Waals surface area contributed by atoms with Crippen LogP contribution in [0.2, 0.25) is 0 Å². The summed E-state index contributed by atoms with van der Waals surface area (Å²) in [4.78, 5) is 0.263. The smallest absolute Gasteiger partial charge is 0.207 e. The Labute approximate surface area is 113 Å². The maximum Gasteiger partial charge on any atom is 0.242 e. The average molecular weight is 273 g/mol. The van der Waals surface area contributed by atoms with E-state index in [1.165, 1.54) is 0 Å². The van der Waals surface area contributed by atoms with Gasteiger partial charge in [-0.15, -0.1) is 6.42 Å². The monoisotopic (exact) mass is 273 g/mol. The van der Waals surface area contributed by atoms with Crippen molar-refractivity contribution in [2.75, 3.05) is 0 Å². The van der Waals surface area contributed by atoms with Gasteiger partial charge in [0.1, 0.15) is 0 Å². The molecule has 0 fully saturated rings. The minimum Gasteiger partial charge on any atom is -0.207 e. The molecule has 2 rings (SSSR count). The molecule has 0 aliphatic heterocycles. The number of sulfonamides is 1. The Kier molecular flexibility index (Phi) is 3.89. The van der Waals surface area contributed by atoms with Crippen LogP contribution in [-0.2, 0) is 10.0 Å². The van der Waals surface area contributed by atoms with Crippen LogP contribution in [0.15, 0.2) is 47.4 Å². The summed E-state index contributed by atoms with van der Waals surface area (Å²) in [6.07, 6.45) is 5.86. The van der Waals surface area contributed by atoms with E-state index in [0.29, 0.717) is 11.8 Å². The van der Waals surface area contributed by atoms with Crippen LogP contribution in [0.1, 0.15) is 13.3 Å². The second-order valence-corrected chi connectivity index (χ2v) is 5.91. The lowest BCUT2D eigenvalue weighted by Gasteiger charge is -2.13. The van der Waals surface area contributed by atoms with Gasteiger partial charge in [0.25, 0.3) is 0 Å². The summed E-state index contributed by atoms with van der Waals surface area (Å²) in [6, 6.07) is 12.1. The average Bonchev–Trinajstić information content (AvgIpc) is 2.44. The van der Waals surface area contributed by atoms with Crippen LogP contribution in [0.3, 0.4) is 0 Å². The van der Waals surface area contributed by atoms with E-state index < -0.39 is 16.1 Å². The molecule has 0 radical (unpaired) electrons. The molecule has 98 valence electrons. The zero-order valence-corrected chi connectivity index (χ0v) is 11.4. The zero-order chi connectivity index (χ0) is 13.9. The summed E-state index contributed by atoms with van der Waals surface area (Å²) in [5.41, 5.74) is 0. The molecule has 3 nitrogen and oxygen atoms in total. The first-order valence-electron chi connectivity index (χ1n) is 6.04. The molecule has 19 heavy (non-hydrogen) atoms. The predicted octanol–water partition coefficient (Wildman–Crippen LogP) is 2.53. The largest absolute Gasteiger partial charge is 0.242 e. The maximum atomic E-state index is 12.4. The van der Waals surface area contributed by atoms with Crippen molar-refractivity contribution >= 4 is 20.8 Å². The molecule has 4 heteroatoms. The lowest BCUT2D eigenvalue weighted by molar-refractivity contribution is 0.571. The number of benzene rings is 2. The normalized spacial score (nSPS) is 13.1. The highest BCUT2D eigenvalue weighted by Crippen LogP contribution is 2.22. The lowest BCUT2D eigenvalue weighted by Crippen LogP contribution is -2.33. The highest BCUT2D eigenvalue weighted by Gasteiger charge is 2.19. The van der Waals surface area contributed by atoms with Crippen LogP contribution >= 0.6 is 0 Å². The molecule has 0 saturated carbocycles. The van der Waals surface area contributed by atoms with Crippen molar-refractivity contribution in [3.63, 3.8) is 0 Å². The molecular formula is C15H15NO2S.